The molecule has 1 aromatic rings. The molecule has 0 unspecified atom stereocenters. The summed E-state index contributed by atoms with van der Waals surface area (Å²) in [6.45, 7) is 4.10. The predicted octanol–water partition coefficient (Wildman–Crippen LogP) is 1.56. The summed E-state index contributed by atoms with van der Waals surface area (Å²) in [5.41, 5.74) is 13.9. The van der Waals surface area contributed by atoms with Crippen LogP contribution in [0, 0.1) is 11.7 Å². The van der Waals surface area contributed by atoms with Gasteiger partial charge in [0.15, 0.2) is 0 Å². The number of halogens is 1. The van der Waals surface area contributed by atoms with Crippen LogP contribution in [0.3, 0.4) is 0 Å². The minimum absolute atomic E-state index is 0.245. The fraction of sp³-hybridized carbons (Fsp3) is 0.500. The third-order valence-electron chi connectivity index (χ3n) is 4.52. The number of rotatable bonds is 8. The average Bonchev–Trinajstić information content (AvgIpc) is 3.35. The maximum Gasteiger partial charge on any atom is 0.147 e. The van der Waals surface area contributed by atoms with Crippen molar-refractivity contribution >= 4 is 5.84 Å². The Morgan fingerprint density at radius 2 is 1.92 bits per heavy atom. The molecular formula is C18H26FN5. The minimum Gasteiger partial charge on any atom is -0.399 e. The molecule has 2 fully saturated rings. The molecule has 1 aromatic carbocycles. The standard InChI is InChI=1S/C18H26FN5/c19-15-6-2-13(3-7-15)12-16(20)18(23-17(21)14-4-5-14)22-8-11-24-9-1-10-24/h2-3,6-7,14,22H,1,4-5,8-12,20H2,(H2,21,23)/b18-16-. The molecule has 0 aromatic heterocycles. The SMILES string of the molecule is N/C(=N\C(NCCN1CCC1)=C(/N)Cc1ccc(F)cc1)C1CC1. The molecule has 0 amide bonds. The van der Waals surface area contributed by atoms with Crippen LogP contribution in [0.15, 0.2) is 40.8 Å². The van der Waals surface area contributed by atoms with E-state index in [1.807, 2.05) is 0 Å². The summed E-state index contributed by atoms with van der Waals surface area (Å²) < 4.78 is 13.0. The highest BCUT2D eigenvalue weighted by Gasteiger charge is 2.26. The lowest BCUT2D eigenvalue weighted by Gasteiger charge is -2.30. The number of hydrogen-bond donors (Lipinski definition) is 3. The Bertz CT molecular complexity index is 615. The van der Waals surface area contributed by atoms with Crippen LogP contribution < -0.4 is 16.8 Å². The Balaban J connectivity index is 1.67. The van der Waals surface area contributed by atoms with Gasteiger partial charge in [0.2, 0.25) is 0 Å². The summed E-state index contributed by atoms with van der Waals surface area (Å²) in [7, 11) is 0. The van der Waals surface area contributed by atoms with Gasteiger partial charge < -0.3 is 21.7 Å². The van der Waals surface area contributed by atoms with Crippen molar-refractivity contribution in [3.8, 4) is 0 Å². The van der Waals surface area contributed by atoms with Crippen LogP contribution in [0.1, 0.15) is 24.8 Å². The van der Waals surface area contributed by atoms with Gasteiger partial charge in [-0.2, -0.15) is 0 Å². The average molecular weight is 331 g/mol. The normalized spacial score (nSPS) is 19.6. The Kier molecular flexibility index (Phi) is 5.35. The Morgan fingerprint density at radius 1 is 1.21 bits per heavy atom. The fourth-order valence-electron chi connectivity index (χ4n) is 2.67. The first-order chi connectivity index (χ1) is 11.6. The van der Waals surface area contributed by atoms with E-state index in [4.69, 9.17) is 11.5 Å². The number of benzene rings is 1. The maximum absolute atomic E-state index is 13.0. The highest BCUT2D eigenvalue weighted by atomic mass is 19.1. The largest absolute Gasteiger partial charge is 0.399 e. The zero-order chi connectivity index (χ0) is 16.9. The van der Waals surface area contributed by atoms with Gasteiger partial charge in [-0.1, -0.05) is 12.1 Å². The Morgan fingerprint density at radius 3 is 2.50 bits per heavy atom. The topological polar surface area (TPSA) is 79.7 Å². The van der Waals surface area contributed by atoms with E-state index in [1.165, 1.54) is 31.6 Å². The van der Waals surface area contributed by atoms with Crippen LogP contribution >= 0.6 is 0 Å². The van der Waals surface area contributed by atoms with Crippen molar-refractivity contribution in [2.75, 3.05) is 26.2 Å². The zero-order valence-electron chi connectivity index (χ0n) is 14.0. The maximum atomic E-state index is 13.0. The van der Waals surface area contributed by atoms with Crippen LogP contribution in [-0.2, 0) is 6.42 Å². The Labute approximate surface area is 142 Å². The first kappa shape index (κ1) is 16.8. The predicted molar refractivity (Wildman–Crippen MR) is 94.7 cm³/mol. The molecule has 2 aliphatic rings. The van der Waals surface area contributed by atoms with E-state index >= 15 is 0 Å². The first-order valence-electron chi connectivity index (χ1n) is 8.65. The summed E-state index contributed by atoms with van der Waals surface area (Å²) in [5.74, 6) is 1.47. The molecular weight excluding hydrogens is 305 g/mol. The van der Waals surface area contributed by atoms with E-state index < -0.39 is 0 Å². The molecule has 5 nitrogen and oxygen atoms in total. The van der Waals surface area contributed by atoms with Crippen molar-refractivity contribution < 1.29 is 4.39 Å². The van der Waals surface area contributed by atoms with E-state index in [1.54, 1.807) is 12.1 Å². The van der Waals surface area contributed by atoms with Crippen LogP contribution in [0.25, 0.3) is 0 Å². The number of nitrogens with zero attached hydrogens (tertiary/aromatic N) is 2. The molecule has 3 rings (SSSR count). The number of allylic oxidation sites excluding steroid dienone is 1. The number of nitrogens with two attached hydrogens (primary N) is 2. The van der Waals surface area contributed by atoms with Crippen LogP contribution in [0.4, 0.5) is 4.39 Å². The highest BCUT2D eigenvalue weighted by molar-refractivity contribution is 5.85. The van der Waals surface area contributed by atoms with Crippen molar-refractivity contribution in [3.05, 3.63) is 47.2 Å². The minimum atomic E-state index is -0.245. The van der Waals surface area contributed by atoms with Gasteiger partial charge in [-0.15, -0.1) is 0 Å². The zero-order valence-corrected chi connectivity index (χ0v) is 14.0. The third kappa shape index (κ3) is 4.71. The second kappa shape index (κ2) is 7.66. The smallest absolute Gasteiger partial charge is 0.147 e. The lowest BCUT2D eigenvalue weighted by Crippen LogP contribution is -2.41. The van der Waals surface area contributed by atoms with Crippen molar-refractivity contribution in [1.82, 2.24) is 10.2 Å². The number of nitrogens with one attached hydrogen (secondary N) is 1. The molecule has 0 radical (unpaired) electrons. The van der Waals surface area contributed by atoms with Gasteiger partial charge in [0.05, 0.1) is 5.70 Å². The van der Waals surface area contributed by atoms with Gasteiger partial charge in [-0.05, 0) is 50.0 Å². The molecule has 1 aliphatic carbocycles. The lowest BCUT2D eigenvalue weighted by atomic mass is 10.1. The second-order valence-electron chi connectivity index (χ2n) is 6.61. The molecule has 130 valence electrons. The van der Waals surface area contributed by atoms with Crippen LogP contribution in [0.2, 0.25) is 0 Å². The quantitative estimate of drug-likeness (QED) is 0.499. The highest BCUT2D eigenvalue weighted by Crippen LogP contribution is 2.29. The number of amidine groups is 1. The molecule has 6 heteroatoms. The van der Waals surface area contributed by atoms with Gasteiger partial charge >= 0.3 is 0 Å². The number of hydrogen-bond acceptors (Lipinski definition) is 4. The van der Waals surface area contributed by atoms with Crippen molar-refractivity contribution in [3.63, 3.8) is 0 Å². The fourth-order valence-corrected chi connectivity index (χ4v) is 2.67. The molecule has 0 atom stereocenters. The summed E-state index contributed by atoms with van der Waals surface area (Å²) in [5, 5.41) is 3.34. The molecule has 0 bridgehead atoms. The van der Waals surface area contributed by atoms with E-state index in [2.05, 4.69) is 15.2 Å². The Hall–Kier alpha value is -2.08. The summed E-state index contributed by atoms with van der Waals surface area (Å²) >= 11 is 0. The van der Waals surface area contributed by atoms with E-state index in [9.17, 15) is 4.39 Å². The lowest BCUT2D eigenvalue weighted by molar-refractivity contribution is 0.184. The monoisotopic (exact) mass is 331 g/mol. The van der Waals surface area contributed by atoms with Gasteiger partial charge in [-0.25, -0.2) is 9.38 Å². The second-order valence-corrected chi connectivity index (χ2v) is 6.61. The summed E-state index contributed by atoms with van der Waals surface area (Å²) in [6.07, 6.45) is 4.01. The summed E-state index contributed by atoms with van der Waals surface area (Å²) in [4.78, 5) is 6.92. The van der Waals surface area contributed by atoms with Crippen LogP contribution in [0.5, 0.6) is 0 Å². The first-order valence-corrected chi connectivity index (χ1v) is 8.65. The van der Waals surface area contributed by atoms with E-state index in [0.717, 1.165) is 31.5 Å². The van der Waals surface area contributed by atoms with Crippen molar-refractivity contribution in [2.45, 2.75) is 25.7 Å². The van der Waals surface area contributed by atoms with E-state index in [0.29, 0.717) is 29.7 Å². The third-order valence-corrected chi connectivity index (χ3v) is 4.52. The molecule has 5 N–H and O–H groups in total. The number of aliphatic imine (C=N–C) groups is 1. The molecule has 1 saturated carbocycles. The molecule has 0 spiro atoms. The van der Waals surface area contributed by atoms with Crippen molar-refractivity contribution in [1.29, 1.82) is 0 Å². The van der Waals surface area contributed by atoms with Gasteiger partial charge in [0, 0.05) is 25.4 Å². The molecule has 1 saturated heterocycles. The van der Waals surface area contributed by atoms with E-state index in [-0.39, 0.29) is 5.82 Å². The number of likely N-dealkylation sites (tertiary alicyclic amines) is 1. The molecule has 1 aliphatic heterocycles. The van der Waals surface area contributed by atoms with Crippen LogP contribution in [-0.4, -0.2) is 36.9 Å². The summed E-state index contributed by atoms with van der Waals surface area (Å²) in [6, 6.07) is 6.38. The van der Waals surface area contributed by atoms with Gasteiger partial charge in [0.1, 0.15) is 17.5 Å². The molecule has 1 heterocycles. The molecule has 24 heavy (non-hydrogen) atoms. The van der Waals surface area contributed by atoms with Gasteiger partial charge in [-0.3, -0.25) is 0 Å². The van der Waals surface area contributed by atoms with Crippen molar-refractivity contribution in [2.24, 2.45) is 22.4 Å². The van der Waals surface area contributed by atoms with Gasteiger partial charge in [0.25, 0.3) is 0 Å².